The molecule has 1 aromatic heterocycles. The van der Waals surface area contributed by atoms with Crippen molar-refractivity contribution in [2.75, 3.05) is 5.01 Å². The molecule has 1 N–H and O–H groups in total. The summed E-state index contributed by atoms with van der Waals surface area (Å²) >= 11 is 1.06. The lowest BCUT2D eigenvalue weighted by molar-refractivity contribution is -0.270. The van der Waals surface area contributed by atoms with Crippen molar-refractivity contribution in [3.8, 4) is 11.3 Å². The van der Waals surface area contributed by atoms with Crippen LogP contribution in [0.15, 0.2) is 40.8 Å². The minimum atomic E-state index is -4.84. The summed E-state index contributed by atoms with van der Waals surface area (Å²) < 4.78 is 42.1. The predicted octanol–water partition coefficient (Wildman–Crippen LogP) is 5.06. The van der Waals surface area contributed by atoms with Gasteiger partial charge in [-0.3, -0.25) is 0 Å². The number of aliphatic hydroxyl groups is 1. The second-order valence-corrected chi connectivity index (χ2v) is 7.95. The SMILES string of the molecule is CC[C@@H]1CCC2=NN(c3nc(-c4ccccc4)cs3)[C@](O)(C(F)(F)F)[C@@H]2C1. The summed E-state index contributed by atoms with van der Waals surface area (Å²) in [5, 5.41) is 17.5. The first kappa shape index (κ1) is 18.4. The molecular formula is C19H20F3N3OS. The van der Waals surface area contributed by atoms with Crippen molar-refractivity contribution in [3.63, 3.8) is 0 Å². The topological polar surface area (TPSA) is 48.7 Å². The zero-order valence-electron chi connectivity index (χ0n) is 14.8. The van der Waals surface area contributed by atoms with Crippen molar-refractivity contribution in [1.82, 2.24) is 4.98 Å². The maximum Gasteiger partial charge on any atom is 0.439 e. The van der Waals surface area contributed by atoms with Crippen LogP contribution >= 0.6 is 11.3 Å². The van der Waals surface area contributed by atoms with E-state index in [2.05, 4.69) is 10.1 Å². The van der Waals surface area contributed by atoms with Gasteiger partial charge in [-0.1, -0.05) is 43.7 Å². The molecule has 3 atom stereocenters. The first-order valence-electron chi connectivity index (χ1n) is 9.02. The number of hydrogen-bond acceptors (Lipinski definition) is 5. The summed E-state index contributed by atoms with van der Waals surface area (Å²) in [4.78, 5) is 4.35. The van der Waals surface area contributed by atoms with E-state index in [4.69, 9.17) is 0 Å². The Hall–Kier alpha value is -1.93. The first-order chi connectivity index (χ1) is 12.8. The maximum absolute atomic E-state index is 14.0. The lowest BCUT2D eigenvalue weighted by Gasteiger charge is -2.39. The van der Waals surface area contributed by atoms with Crippen LogP contribution in [0.1, 0.15) is 32.6 Å². The molecule has 1 saturated carbocycles. The Bertz CT molecular complexity index is 851. The van der Waals surface area contributed by atoms with E-state index in [9.17, 15) is 18.3 Å². The number of hydrogen-bond donors (Lipinski definition) is 1. The standard InChI is InChI=1S/C19H20F3N3OS/c1-2-12-8-9-15-14(10-12)18(26,19(20,21)22)25(24-15)17-23-16(11-27-17)13-6-4-3-5-7-13/h3-7,11-12,14,26H,2,8-10H2,1H3/t12-,14-,18-/m1/s1. The Morgan fingerprint density at radius 2 is 2.04 bits per heavy atom. The summed E-state index contributed by atoms with van der Waals surface area (Å²) in [7, 11) is 0. The van der Waals surface area contributed by atoms with Crippen LogP contribution in [0.4, 0.5) is 18.3 Å². The molecule has 1 aromatic carbocycles. The molecule has 4 rings (SSSR count). The fourth-order valence-corrected chi connectivity index (χ4v) is 4.80. The molecule has 0 saturated heterocycles. The van der Waals surface area contributed by atoms with E-state index in [1.54, 1.807) is 5.38 Å². The van der Waals surface area contributed by atoms with Gasteiger partial charge in [-0.2, -0.15) is 23.3 Å². The maximum atomic E-state index is 14.0. The monoisotopic (exact) mass is 395 g/mol. The van der Waals surface area contributed by atoms with Gasteiger partial charge < -0.3 is 5.11 Å². The fraction of sp³-hybridized carbons (Fsp3) is 0.474. The molecule has 2 aromatic rings. The molecule has 1 aliphatic heterocycles. The third-order valence-electron chi connectivity index (χ3n) is 5.55. The zero-order chi connectivity index (χ0) is 19.2. The number of alkyl halides is 3. The molecule has 1 aliphatic carbocycles. The van der Waals surface area contributed by atoms with Crippen LogP contribution in [0.2, 0.25) is 0 Å². The highest BCUT2D eigenvalue weighted by Gasteiger charge is 2.68. The summed E-state index contributed by atoms with van der Waals surface area (Å²) in [6, 6.07) is 9.24. The summed E-state index contributed by atoms with van der Waals surface area (Å²) in [6.45, 7) is 1.97. The van der Waals surface area contributed by atoms with Crippen LogP contribution < -0.4 is 5.01 Å². The first-order valence-corrected chi connectivity index (χ1v) is 9.90. The average Bonchev–Trinajstić information content (AvgIpc) is 3.25. The molecule has 2 aliphatic rings. The Morgan fingerprint density at radius 3 is 2.70 bits per heavy atom. The number of hydrazone groups is 1. The molecule has 0 amide bonds. The molecule has 0 radical (unpaired) electrons. The predicted molar refractivity (Wildman–Crippen MR) is 99.6 cm³/mol. The molecular weight excluding hydrogens is 375 g/mol. The smallest absolute Gasteiger partial charge is 0.362 e. The zero-order valence-corrected chi connectivity index (χ0v) is 15.6. The van der Waals surface area contributed by atoms with Crippen molar-refractivity contribution < 1.29 is 18.3 Å². The molecule has 144 valence electrons. The number of benzene rings is 1. The number of fused-ring (bicyclic) bond motifs is 1. The largest absolute Gasteiger partial charge is 0.439 e. The number of halogens is 3. The Balaban J connectivity index is 1.73. The summed E-state index contributed by atoms with van der Waals surface area (Å²) in [5.74, 6) is -0.876. The third kappa shape index (κ3) is 2.95. The van der Waals surface area contributed by atoms with Crippen LogP contribution in [-0.2, 0) is 0 Å². The second-order valence-electron chi connectivity index (χ2n) is 7.11. The van der Waals surface area contributed by atoms with E-state index < -0.39 is 17.8 Å². The van der Waals surface area contributed by atoms with Crippen LogP contribution in [0.5, 0.6) is 0 Å². The number of thiazole rings is 1. The highest BCUT2D eigenvalue weighted by atomic mass is 32.1. The minimum absolute atomic E-state index is 0.0589. The van der Waals surface area contributed by atoms with E-state index in [0.29, 0.717) is 29.3 Å². The molecule has 0 bridgehead atoms. The van der Waals surface area contributed by atoms with Gasteiger partial charge in [0.2, 0.25) is 5.13 Å². The van der Waals surface area contributed by atoms with Gasteiger partial charge in [0.15, 0.2) is 0 Å². The van der Waals surface area contributed by atoms with Gasteiger partial charge in [0.05, 0.1) is 11.6 Å². The highest BCUT2D eigenvalue weighted by Crippen LogP contribution is 2.51. The van der Waals surface area contributed by atoms with E-state index in [1.165, 1.54) is 0 Å². The summed E-state index contributed by atoms with van der Waals surface area (Å²) in [6.07, 6.45) is -2.46. The Labute approximate surface area is 159 Å². The van der Waals surface area contributed by atoms with Gasteiger partial charge in [0, 0.05) is 16.7 Å². The Kier molecular flexibility index (Phi) is 4.50. The number of anilines is 1. The van der Waals surface area contributed by atoms with Crippen molar-refractivity contribution in [1.29, 1.82) is 0 Å². The molecule has 0 spiro atoms. The van der Waals surface area contributed by atoms with Crippen LogP contribution in [0.25, 0.3) is 11.3 Å². The van der Waals surface area contributed by atoms with E-state index in [0.717, 1.165) is 29.7 Å². The second kappa shape index (κ2) is 6.60. The molecule has 8 heteroatoms. The fourth-order valence-electron chi connectivity index (χ4n) is 3.96. The van der Waals surface area contributed by atoms with E-state index >= 15 is 0 Å². The van der Waals surface area contributed by atoms with Crippen molar-refractivity contribution in [2.45, 2.75) is 44.5 Å². The van der Waals surface area contributed by atoms with Gasteiger partial charge in [0.25, 0.3) is 5.72 Å². The quantitative estimate of drug-likeness (QED) is 0.790. The number of nitrogens with zero attached hydrogens (tertiary/aromatic N) is 3. The molecule has 2 heterocycles. The van der Waals surface area contributed by atoms with Crippen LogP contribution in [0, 0.1) is 11.8 Å². The van der Waals surface area contributed by atoms with E-state index in [1.807, 2.05) is 37.3 Å². The van der Waals surface area contributed by atoms with Crippen LogP contribution in [0.3, 0.4) is 0 Å². The van der Waals surface area contributed by atoms with Gasteiger partial charge in [-0.15, -0.1) is 11.3 Å². The third-order valence-corrected chi connectivity index (χ3v) is 6.37. The normalized spacial score (nSPS) is 28.2. The molecule has 4 nitrogen and oxygen atoms in total. The highest BCUT2D eigenvalue weighted by molar-refractivity contribution is 7.14. The summed E-state index contributed by atoms with van der Waals surface area (Å²) in [5.41, 5.74) is -1.23. The van der Waals surface area contributed by atoms with Crippen molar-refractivity contribution >= 4 is 22.2 Å². The van der Waals surface area contributed by atoms with Gasteiger partial charge >= 0.3 is 6.18 Å². The number of rotatable bonds is 3. The minimum Gasteiger partial charge on any atom is -0.362 e. The van der Waals surface area contributed by atoms with Gasteiger partial charge in [-0.25, -0.2) is 4.98 Å². The lowest BCUT2D eigenvalue weighted by atomic mass is 9.74. The lowest BCUT2D eigenvalue weighted by Crippen LogP contribution is -2.60. The van der Waals surface area contributed by atoms with Crippen molar-refractivity contribution in [3.05, 3.63) is 35.7 Å². The van der Waals surface area contributed by atoms with Crippen LogP contribution in [-0.4, -0.2) is 27.7 Å². The number of aromatic nitrogens is 1. The van der Waals surface area contributed by atoms with Gasteiger partial charge in [0.1, 0.15) is 0 Å². The molecule has 1 fully saturated rings. The average molecular weight is 395 g/mol. The molecule has 27 heavy (non-hydrogen) atoms. The molecule has 0 unspecified atom stereocenters. The van der Waals surface area contributed by atoms with Gasteiger partial charge in [-0.05, 0) is 25.2 Å². The van der Waals surface area contributed by atoms with E-state index in [-0.39, 0.29) is 11.0 Å². The Morgan fingerprint density at radius 1 is 1.30 bits per heavy atom. The van der Waals surface area contributed by atoms with Crippen molar-refractivity contribution in [2.24, 2.45) is 16.9 Å².